The monoisotopic (exact) mass is 635 g/mol. The zero-order valence-corrected chi connectivity index (χ0v) is 23.8. The summed E-state index contributed by atoms with van der Waals surface area (Å²) in [6, 6.07) is 7.52. The van der Waals surface area contributed by atoms with Crippen LogP contribution in [0.1, 0.15) is 13.8 Å². The van der Waals surface area contributed by atoms with Crippen LogP contribution in [0.3, 0.4) is 0 Å². The van der Waals surface area contributed by atoms with Crippen LogP contribution in [-0.2, 0) is 31.8 Å². The fourth-order valence-electron chi connectivity index (χ4n) is 3.69. The van der Waals surface area contributed by atoms with E-state index in [1.807, 2.05) is 0 Å². The first-order valence-electron chi connectivity index (χ1n) is 12.0. The van der Waals surface area contributed by atoms with Crippen molar-refractivity contribution in [2.75, 3.05) is 22.7 Å². The summed E-state index contributed by atoms with van der Waals surface area (Å²) < 4.78 is 120. The van der Waals surface area contributed by atoms with Gasteiger partial charge in [0.05, 0.1) is 23.5 Å². The average Bonchev–Trinajstić information content (AvgIpc) is 3.33. The first-order valence-corrected chi connectivity index (χ1v) is 14.9. The molecule has 12 nitrogen and oxygen atoms in total. The number of fused-ring (bicyclic) bond motifs is 1. The van der Waals surface area contributed by atoms with Crippen molar-refractivity contribution in [1.29, 1.82) is 0 Å². The van der Waals surface area contributed by atoms with Crippen molar-refractivity contribution in [3.8, 4) is 5.75 Å². The van der Waals surface area contributed by atoms with Crippen LogP contribution in [0, 0.1) is 5.82 Å². The van der Waals surface area contributed by atoms with Gasteiger partial charge in [0.2, 0.25) is 5.60 Å². The Morgan fingerprint density at radius 3 is 2.38 bits per heavy atom. The van der Waals surface area contributed by atoms with Gasteiger partial charge < -0.3 is 14.0 Å². The molecular formula is C24H25F4N5O7S2. The van der Waals surface area contributed by atoms with Gasteiger partial charge in [-0.1, -0.05) is 0 Å². The standard InChI is InChI=1S/C24H25F4N5O7S2/c1-23(2,24(26,27)28)40-22(34)31-16-6-9-20-19(10-16)33(42(37,38)18-7-4-15(25)5-8-18)12-17(39-20)11-30-41(35,36)21-13-32(3)14-29-21/h4-10,13-14,17,30H,11-12H2,1-3H3,(H,31,34). The molecule has 228 valence electrons. The number of hydrogen-bond acceptors (Lipinski definition) is 8. The smallest absolute Gasteiger partial charge is 0.427 e. The third-order valence-electron chi connectivity index (χ3n) is 6.03. The highest BCUT2D eigenvalue weighted by molar-refractivity contribution is 7.92. The number of aromatic nitrogens is 2. The highest BCUT2D eigenvalue weighted by Crippen LogP contribution is 2.39. The molecular weight excluding hydrogens is 610 g/mol. The van der Waals surface area contributed by atoms with Crippen molar-refractivity contribution in [3.63, 3.8) is 0 Å². The molecule has 0 spiro atoms. The van der Waals surface area contributed by atoms with E-state index in [1.165, 1.54) is 29.2 Å². The molecule has 1 atom stereocenters. The Morgan fingerprint density at radius 2 is 1.79 bits per heavy atom. The number of carbonyl (C=O) groups is 1. The lowest BCUT2D eigenvalue weighted by Crippen LogP contribution is -2.48. The summed E-state index contributed by atoms with van der Waals surface area (Å²) in [6.45, 7) is 0.498. The summed E-state index contributed by atoms with van der Waals surface area (Å²) >= 11 is 0. The quantitative estimate of drug-likeness (QED) is 0.358. The number of anilines is 2. The van der Waals surface area contributed by atoms with Crippen molar-refractivity contribution >= 4 is 37.5 Å². The number of nitrogens with one attached hydrogen (secondary N) is 2. The summed E-state index contributed by atoms with van der Waals surface area (Å²) in [5, 5.41) is 1.86. The molecule has 1 unspecified atom stereocenters. The van der Waals surface area contributed by atoms with E-state index in [2.05, 4.69) is 19.8 Å². The molecule has 2 aromatic carbocycles. The Kier molecular flexibility index (Phi) is 8.18. The molecule has 0 saturated carbocycles. The molecule has 0 radical (unpaired) electrons. The summed E-state index contributed by atoms with van der Waals surface area (Å²) in [4.78, 5) is 15.7. The number of sulfonamides is 2. The van der Waals surface area contributed by atoms with Crippen LogP contribution in [0.15, 0.2) is 64.9 Å². The number of aryl methyl sites for hydroxylation is 1. The van der Waals surface area contributed by atoms with Crippen LogP contribution in [0.5, 0.6) is 5.75 Å². The molecule has 2 N–H and O–H groups in total. The molecule has 3 aromatic rings. The molecule has 1 aromatic heterocycles. The molecule has 1 amide bonds. The molecule has 0 aliphatic carbocycles. The van der Waals surface area contributed by atoms with Gasteiger partial charge in [0, 0.05) is 25.5 Å². The first kappa shape index (κ1) is 31.0. The summed E-state index contributed by atoms with van der Waals surface area (Å²) in [7, 11) is -6.93. The van der Waals surface area contributed by atoms with Crippen LogP contribution < -0.4 is 19.1 Å². The number of carbonyl (C=O) groups excluding carboxylic acids is 1. The van der Waals surface area contributed by atoms with Crippen molar-refractivity contribution in [2.24, 2.45) is 7.05 Å². The van der Waals surface area contributed by atoms with E-state index in [1.54, 1.807) is 7.05 Å². The van der Waals surface area contributed by atoms with E-state index >= 15 is 0 Å². The van der Waals surface area contributed by atoms with E-state index in [-0.39, 0.29) is 33.6 Å². The van der Waals surface area contributed by atoms with Crippen molar-refractivity contribution < 1.29 is 48.7 Å². The minimum absolute atomic E-state index is 0.0523. The van der Waals surface area contributed by atoms with E-state index in [0.717, 1.165) is 34.6 Å². The third-order valence-corrected chi connectivity index (χ3v) is 9.13. The summed E-state index contributed by atoms with van der Waals surface area (Å²) in [6.07, 6.45) is -4.84. The summed E-state index contributed by atoms with van der Waals surface area (Å²) in [5.74, 6) is -0.742. The predicted molar refractivity (Wildman–Crippen MR) is 140 cm³/mol. The lowest BCUT2D eigenvalue weighted by Gasteiger charge is -2.35. The predicted octanol–water partition coefficient (Wildman–Crippen LogP) is 3.38. The Balaban J connectivity index is 1.64. The second kappa shape index (κ2) is 11.1. The molecule has 1 aliphatic rings. The maximum absolute atomic E-state index is 13.6. The lowest BCUT2D eigenvalue weighted by atomic mass is 10.1. The summed E-state index contributed by atoms with van der Waals surface area (Å²) in [5.41, 5.74) is -3.08. The number of rotatable bonds is 8. The second-order valence-electron chi connectivity index (χ2n) is 9.66. The highest BCUT2D eigenvalue weighted by Gasteiger charge is 2.51. The minimum Gasteiger partial charge on any atom is -0.485 e. The minimum atomic E-state index is -4.86. The number of halogens is 4. The van der Waals surface area contributed by atoms with Crippen molar-refractivity contribution in [2.45, 2.75) is 41.7 Å². The number of alkyl halides is 3. The molecule has 42 heavy (non-hydrogen) atoms. The van der Waals surface area contributed by atoms with E-state index in [0.29, 0.717) is 13.8 Å². The number of ether oxygens (including phenoxy) is 2. The molecule has 1 aliphatic heterocycles. The van der Waals surface area contributed by atoms with E-state index in [9.17, 15) is 39.2 Å². The molecule has 18 heteroatoms. The molecule has 0 saturated heterocycles. The van der Waals surface area contributed by atoms with Crippen LogP contribution in [0.2, 0.25) is 0 Å². The number of benzene rings is 2. The van der Waals surface area contributed by atoms with Crippen molar-refractivity contribution in [3.05, 3.63) is 60.8 Å². The van der Waals surface area contributed by atoms with E-state index in [4.69, 9.17) is 4.74 Å². The Hall–Kier alpha value is -3.90. The van der Waals surface area contributed by atoms with Crippen molar-refractivity contribution in [1.82, 2.24) is 14.3 Å². The van der Waals surface area contributed by atoms with Gasteiger partial charge in [-0.2, -0.15) is 13.2 Å². The maximum Gasteiger partial charge on any atom is 0.427 e. The number of amides is 1. The van der Waals surface area contributed by atoms with Gasteiger partial charge in [-0.25, -0.2) is 35.7 Å². The second-order valence-corrected chi connectivity index (χ2v) is 13.2. The largest absolute Gasteiger partial charge is 0.485 e. The van der Waals surface area contributed by atoms with E-state index < -0.39 is 56.4 Å². The van der Waals surface area contributed by atoms with Gasteiger partial charge in [0.25, 0.3) is 20.0 Å². The Bertz CT molecular complexity index is 1690. The third kappa shape index (κ3) is 6.60. The van der Waals surface area contributed by atoms with Crippen LogP contribution in [-0.4, -0.2) is 63.5 Å². The SMILES string of the molecule is Cn1cnc(S(=O)(=O)NCC2CN(S(=O)(=O)c3ccc(F)cc3)c3cc(NC(=O)OC(C)(C)C(F)(F)F)ccc3O2)c1. The van der Waals surface area contributed by atoms with Gasteiger partial charge in [-0.05, 0) is 56.3 Å². The number of hydrogen-bond donors (Lipinski definition) is 2. The Morgan fingerprint density at radius 1 is 1.12 bits per heavy atom. The molecule has 0 bridgehead atoms. The zero-order chi connectivity index (χ0) is 31.1. The van der Waals surface area contributed by atoms with Gasteiger partial charge in [0.15, 0.2) is 5.03 Å². The van der Waals surface area contributed by atoms with Gasteiger partial charge in [0.1, 0.15) is 17.7 Å². The van der Waals surface area contributed by atoms with Gasteiger partial charge >= 0.3 is 12.3 Å². The number of nitrogens with zero attached hydrogens (tertiary/aromatic N) is 3. The van der Waals surface area contributed by atoms with Crippen LogP contribution >= 0.6 is 0 Å². The average molecular weight is 636 g/mol. The first-order chi connectivity index (χ1) is 19.4. The zero-order valence-electron chi connectivity index (χ0n) is 22.2. The molecule has 0 fully saturated rings. The Labute approximate surface area is 238 Å². The normalized spacial score (nSPS) is 16.0. The number of imidazole rings is 1. The highest BCUT2D eigenvalue weighted by atomic mass is 32.2. The van der Waals surface area contributed by atoms with Crippen LogP contribution in [0.4, 0.5) is 33.7 Å². The molecule has 2 heterocycles. The van der Waals surface area contributed by atoms with Gasteiger partial charge in [-0.15, -0.1) is 0 Å². The fourth-order valence-corrected chi connectivity index (χ4v) is 6.24. The fraction of sp³-hybridized carbons (Fsp3) is 0.333. The van der Waals surface area contributed by atoms with Crippen LogP contribution in [0.25, 0.3) is 0 Å². The molecule has 4 rings (SSSR count). The van der Waals surface area contributed by atoms with Gasteiger partial charge in [-0.3, -0.25) is 9.62 Å². The topological polar surface area (TPSA) is 149 Å². The lowest BCUT2D eigenvalue weighted by molar-refractivity contribution is -0.242. The maximum atomic E-state index is 13.6.